The van der Waals surface area contributed by atoms with Gasteiger partial charge in [-0.2, -0.15) is 0 Å². The first kappa shape index (κ1) is 22.1. The summed E-state index contributed by atoms with van der Waals surface area (Å²) in [6.07, 6.45) is 1.85. The molecular weight excluding hydrogens is 446 g/mol. The largest absolute Gasteiger partial charge is 0.493 e. The molecule has 0 saturated carbocycles. The summed E-state index contributed by atoms with van der Waals surface area (Å²) in [5, 5.41) is 0.427. The monoisotopic (exact) mass is 467 g/mol. The van der Waals surface area contributed by atoms with Crippen LogP contribution in [0.4, 0.5) is 5.69 Å². The van der Waals surface area contributed by atoms with E-state index in [0.29, 0.717) is 27.2 Å². The molecule has 1 fully saturated rings. The fourth-order valence-electron chi connectivity index (χ4n) is 3.57. The summed E-state index contributed by atoms with van der Waals surface area (Å²) in [5.41, 5.74) is 2.60. The predicted molar refractivity (Wildman–Crippen MR) is 130 cm³/mol. The third-order valence-electron chi connectivity index (χ3n) is 5.08. The topological polar surface area (TPSA) is 48.0 Å². The van der Waals surface area contributed by atoms with E-state index >= 15 is 0 Å². The first-order chi connectivity index (χ1) is 15.5. The van der Waals surface area contributed by atoms with Crippen molar-refractivity contribution in [3.63, 3.8) is 0 Å². The van der Waals surface area contributed by atoms with Gasteiger partial charge in [-0.05, 0) is 53.6 Å². The lowest BCUT2D eigenvalue weighted by atomic mass is 10.1. The third-order valence-corrected chi connectivity index (χ3v) is 6.58. The lowest BCUT2D eigenvalue weighted by molar-refractivity contribution is -0.114. The van der Waals surface area contributed by atoms with Gasteiger partial charge in [0.15, 0.2) is 11.5 Å². The number of nitrogens with zero attached hydrogens (tertiary/aromatic N) is 1. The molecule has 3 aromatic carbocycles. The average molecular weight is 468 g/mol. The average Bonchev–Trinajstić information content (AvgIpc) is 3.15. The number of anilines is 1. The number of benzene rings is 3. The number of amides is 1. The Balaban J connectivity index is 1.78. The van der Waals surface area contributed by atoms with Gasteiger partial charge < -0.3 is 14.2 Å². The summed E-state index contributed by atoms with van der Waals surface area (Å²) in [4.78, 5) is 15.9. The Morgan fingerprint density at radius 2 is 1.53 bits per heavy atom. The van der Waals surface area contributed by atoms with Gasteiger partial charge in [0.2, 0.25) is 5.75 Å². The van der Waals surface area contributed by atoms with Gasteiger partial charge in [-0.3, -0.25) is 9.69 Å². The summed E-state index contributed by atoms with van der Waals surface area (Å²) >= 11 is 7.57. The van der Waals surface area contributed by atoms with E-state index in [9.17, 15) is 4.79 Å². The summed E-state index contributed by atoms with van der Waals surface area (Å²) in [5.74, 6) is 1.49. The first-order valence-electron chi connectivity index (χ1n) is 9.88. The van der Waals surface area contributed by atoms with E-state index in [1.165, 1.54) is 11.8 Å². The molecule has 1 amide bonds. The van der Waals surface area contributed by atoms with E-state index in [-0.39, 0.29) is 11.3 Å². The van der Waals surface area contributed by atoms with Gasteiger partial charge >= 0.3 is 0 Å². The molecule has 164 valence electrons. The van der Waals surface area contributed by atoms with Crippen molar-refractivity contribution in [3.05, 3.63) is 87.8 Å². The molecule has 4 rings (SSSR count). The number of methoxy groups -OCH3 is 3. The lowest BCUT2D eigenvalue weighted by Crippen LogP contribution is -2.27. The second-order valence-corrected chi connectivity index (χ2v) is 8.56. The van der Waals surface area contributed by atoms with Crippen molar-refractivity contribution >= 4 is 41.0 Å². The number of hydrogen-bond acceptors (Lipinski definition) is 5. The molecule has 1 aliphatic rings. The molecule has 32 heavy (non-hydrogen) atoms. The number of carbonyl (C=O) groups is 1. The Morgan fingerprint density at radius 1 is 0.906 bits per heavy atom. The van der Waals surface area contributed by atoms with Crippen molar-refractivity contribution in [2.45, 2.75) is 5.37 Å². The highest BCUT2D eigenvalue weighted by Crippen LogP contribution is 2.49. The van der Waals surface area contributed by atoms with E-state index in [1.807, 2.05) is 60.7 Å². The van der Waals surface area contributed by atoms with Crippen LogP contribution in [-0.2, 0) is 4.79 Å². The highest BCUT2D eigenvalue weighted by Gasteiger charge is 2.38. The lowest BCUT2D eigenvalue weighted by Gasteiger charge is -2.23. The molecule has 0 spiro atoms. The van der Waals surface area contributed by atoms with Crippen LogP contribution in [0, 0.1) is 0 Å². The molecule has 1 unspecified atom stereocenters. The molecule has 0 N–H and O–H groups in total. The SMILES string of the molecule is COc1cc(/C=C2\SC(c3ccccc3)N(c3ccc(Cl)cc3)C2=O)cc(OC)c1OC. The Kier molecular flexibility index (Phi) is 6.63. The van der Waals surface area contributed by atoms with Crippen LogP contribution >= 0.6 is 23.4 Å². The molecule has 0 aromatic heterocycles. The molecule has 7 heteroatoms. The van der Waals surface area contributed by atoms with Crippen LogP contribution in [0.2, 0.25) is 5.02 Å². The Bertz CT molecular complexity index is 1120. The fourth-order valence-corrected chi connectivity index (χ4v) is 4.96. The van der Waals surface area contributed by atoms with Crippen molar-refractivity contribution in [2.75, 3.05) is 26.2 Å². The van der Waals surface area contributed by atoms with Crippen LogP contribution in [-0.4, -0.2) is 27.2 Å². The summed E-state index contributed by atoms with van der Waals surface area (Å²) in [6.45, 7) is 0. The fraction of sp³-hybridized carbons (Fsp3) is 0.160. The van der Waals surface area contributed by atoms with E-state index in [0.717, 1.165) is 16.8 Å². The van der Waals surface area contributed by atoms with Crippen LogP contribution in [0.3, 0.4) is 0 Å². The molecule has 1 saturated heterocycles. The van der Waals surface area contributed by atoms with Crippen molar-refractivity contribution < 1.29 is 19.0 Å². The van der Waals surface area contributed by atoms with Gasteiger partial charge in [-0.1, -0.05) is 53.7 Å². The molecule has 3 aromatic rings. The Morgan fingerprint density at radius 3 is 2.09 bits per heavy atom. The van der Waals surface area contributed by atoms with Gasteiger partial charge in [0.25, 0.3) is 5.91 Å². The highest BCUT2D eigenvalue weighted by molar-refractivity contribution is 8.05. The molecule has 0 radical (unpaired) electrons. The summed E-state index contributed by atoms with van der Waals surface area (Å²) in [7, 11) is 4.69. The minimum Gasteiger partial charge on any atom is -0.493 e. The molecule has 0 aliphatic carbocycles. The number of halogens is 1. The zero-order chi connectivity index (χ0) is 22.7. The molecule has 0 bridgehead atoms. The maximum absolute atomic E-state index is 13.5. The molecule has 1 atom stereocenters. The third kappa shape index (κ3) is 4.29. The number of rotatable bonds is 6. The highest BCUT2D eigenvalue weighted by atomic mass is 35.5. The van der Waals surface area contributed by atoms with E-state index < -0.39 is 0 Å². The number of ether oxygens (including phenoxy) is 3. The number of carbonyl (C=O) groups excluding carboxylic acids is 1. The summed E-state index contributed by atoms with van der Waals surface area (Å²) < 4.78 is 16.3. The minimum absolute atomic E-state index is 0.0834. The smallest absolute Gasteiger partial charge is 0.266 e. The quantitative estimate of drug-likeness (QED) is 0.405. The van der Waals surface area contributed by atoms with E-state index in [1.54, 1.807) is 38.4 Å². The van der Waals surface area contributed by atoms with Crippen LogP contribution in [0.5, 0.6) is 17.2 Å². The van der Waals surface area contributed by atoms with Crippen molar-refractivity contribution in [1.29, 1.82) is 0 Å². The van der Waals surface area contributed by atoms with Gasteiger partial charge in [0.1, 0.15) is 5.37 Å². The van der Waals surface area contributed by atoms with Crippen molar-refractivity contribution in [1.82, 2.24) is 0 Å². The van der Waals surface area contributed by atoms with Gasteiger partial charge in [0, 0.05) is 10.7 Å². The molecule has 1 heterocycles. The van der Waals surface area contributed by atoms with E-state index in [2.05, 4.69) is 0 Å². The number of thioether (sulfide) groups is 1. The second kappa shape index (κ2) is 9.59. The molecule has 5 nitrogen and oxygen atoms in total. The maximum Gasteiger partial charge on any atom is 0.266 e. The predicted octanol–water partition coefficient (Wildman–Crippen LogP) is 6.19. The normalized spacial score (nSPS) is 17.0. The van der Waals surface area contributed by atoms with Gasteiger partial charge in [0.05, 0.1) is 26.2 Å². The zero-order valence-electron chi connectivity index (χ0n) is 17.9. The van der Waals surface area contributed by atoms with Crippen LogP contribution in [0.1, 0.15) is 16.5 Å². The first-order valence-corrected chi connectivity index (χ1v) is 11.1. The minimum atomic E-state index is -0.196. The Hall–Kier alpha value is -3.09. The van der Waals surface area contributed by atoms with Gasteiger partial charge in [-0.15, -0.1) is 0 Å². The van der Waals surface area contributed by atoms with Crippen LogP contribution < -0.4 is 19.1 Å². The second-order valence-electron chi connectivity index (χ2n) is 7.00. The molecule has 1 aliphatic heterocycles. The zero-order valence-corrected chi connectivity index (χ0v) is 19.4. The standard InChI is InChI=1S/C25H22ClNO4S/c1-29-20-13-16(14-21(30-2)23(20)31-3)15-22-24(28)27(19-11-9-18(26)10-12-19)25(32-22)17-7-5-4-6-8-17/h4-15,25H,1-3H3/b22-15-. The summed E-state index contributed by atoms with van der Waals surface area (Å²) in [6, 6.07) is 20.9. The van der Waals surface area contributed by atoms with E-state index in [4.69, 9.17) is 25.8 Å². The van der Waals surface area contributed by atoms with Crippen molar-refractivity contribution in [3.8, 4) is 17.2 Å². The van der Waals surface area contributed by atoms with Crippen LogP contribution in [0.25, 0.3) is 6.08 Å². The van der Waals surface area contributed by atoms with Crippen molar-refractivity contribution in [2.24, 2.45) is 0 Å². The molecular formula is C25H22ClNO4S. The maximum atomic E-state index is 13.5. The van der Waals surface area contributed by atoms with Crippen LogP contribution in [0.15, 0.2) is 71.6 Å². The Labute approximate surface area is 196 Å². The number of hydrogen-bond donors (Lipinski definition) is 0. The van der Waals surface area contributed by atoms with Gasteiger partial charge in [-0.25, -0.2) is 0 Å².